The van der Waals surface area contributed by atoms with E-state index in [0.29, 0.717) is 46.1 Å². The Bertz CT molecular complexity index is 1170. The molecule has 0 radical (unpaired) electrons. The number of hydrogen-bond acceptors (Lipinski definition) is 9. The third kappa shape index (κ3) is 5.61. The van der Waals surface area contributed by atoms with Gasteiger partial charge in [-0.25, -0.2) is 0 Å². The van der Waals surface area contributed by atoms with E-state index in [1.165, 1.54) is 11.3 Å². The van der Waals surface area contributed by atoms with Crippen LogP contribution in [0.25, 0.3) is 10.6 Å². The van der Waals surface area contributed by atoms with Crippen LogP contribution in [0.1, 0.15) is 16.8 Å². The molecule has 0 spiro atoms. The second kappa shape index (κ2) is 10.9. The second-order valence-corrected chi connectivity index (χ2v) is 8.27. The van der Waals surface area contributed by atoms with E-state index in [-0.39, 0.29) is 31.6 Å². The summed E-state index contributed by atoms with van der Waals surface area (Å²) in [7, 11) is 3.11. The maximum absolute atomic E-state index is 13.0. The minimum absolute atomic E-state index is 0.0956. The number of anilines is 1. The first-order valence-corrected chi connectivity index (χ1v) is 11.3. The second-order valence-electron chi connectivity index (χ2n) is 7.30. The van der Waals surface area contributed by atoms with Crippen LogP contribution in [0.2, 0.25) is 0 Å². The predicted molar refractivity (Wildman–Crippen MR) is 125 cm³/mol. The molecule has 1 N–H and O–H groups in total. The summed E-state index contributed by atoms with van der Waals surface area (Å²) in [5.41, 5.74) is 1.30. The average molecular weight is 485 g/mol. The molecule has 1 aliphatic rings. The van der Waals surface area contributed by atoms with Crippen LogP contribution in [0.5, 0.6) is 17.2 Å². The Morgan fingerprint density at radius 1 is 1.09 bits per heavy atom. The number of hydrogen-bond donors (Lipinski definition) is 1. The van der Waals surface area contributed by atoms with Gasteiger partial charge in [-0.05, 0) is 36.4 Å². The number of ether oxygens (including phenoxy) is 4. The van der Waals surface area contributed by atoms with E-state index in [0.717, 1.165) is 5.56 Å². The zero-order valence-corrected chi connectivity index (χ0v) is 19.6. The third-order valence-corrected chi connectivity index (χ3v) is 5.96. The van der Waals surface area contributed by atoms with E-state index in [2.05, 4.69) is 15.5 Å². The predicted octanol–water partition coefficient (Wildman–Crippen LogP) is 3.06. The molecule has 0 unspecified atom stereocenters. The SMILES string of the molecule is COCCN(CCC(=O)Nc1nnc(-c2ccc3c(c2)OCO3)s1)C(=O)c1cccc(OC)c1. The van der Waals surface area contributed by atoms with Crippen molar-refractivity contribution in [2.24, 2.45) is 0 Å². The molecule has 2 aromatic carbocycles. The summed E-state index contributed by atoms with van der Waals surface area (Å²) in [5, 5.41) is 12.0. The first kappa shape index (κ1) is 23.5. The number of amides is 2. The molecular weight excluding hydrogens is 460 g/mol. The number of carbonyl (C=O) groups is 2. The van der Waals surface area contributed by atoms with Crippen LogP contribution in [-0.4, -0.2) is 67.6 Å². The van der Waals surface area contributed by atoms with Crippen LogP contribution in [0, 0.1) is 0 Å². The lowest BCUT2D eigenvalue weighted by molar-refractivity contribution is -0.116. The molecule has 2 heterocycles. The summed E-state index contributed by atoms with van der Waals surface area (Å²) >= 11 is 1.25. The van der Waals surface area contributed by atoms with Gasteiger partial charge in [-0.15, -0.1) is 10.2 Å². The normalized spacial score (nSPS) is 11.8. The van der Waals surface area contributed by atoms with E-state index < -0.39 is 0 Å². The first-order valence-electron chi connectivity index (χ1n) is 10.5. The van der Waals surface area contributed by atoms with Gasteiger partial charge in [-0.3, -0.25) is 9.59 Å². The number of carbonyl (C=O) groups excluding carboxylic acids is 2. The third-order valence-electron chi connectivity index (χ3n) is 5.07. The minimum Gasteiger partial charge on any atom is -0.497 e. The molecule has 34 heavy (non-hydrogen) atoms. The van der Waals surface area contributed by atoms with Gasteiger partial charge in [0.2, 0.25) is 17.8 Å². The standard InChI is InChI=1S/C23H24N4O6S/c1-30-11-10-27(22(29)16-4-3-5-17(12-16)31-2)9-8-20(28)24-23-26-25-21(34-23)15-6-7-18-19(13-15)33-14-32-18/h3-7,12-13H,8-11,14H2,1-2H3,(H,24,26,28). The van der Waals surface area contributed by atoms with Crippen LogP contribution in [-0.2, 0) is 9.53 Å². The lowest BCUT2D eigenvalue weighted by Gasteiger charge is -2.22. The molecule has 0 bridgehead atoms. The Morgan fingerprint density at radius 2 is 1.94 bits per heavy atom. The molecule has 0 aliphatic carbocycles. The van der Waals surface area contributed by atoms with Crippen molar-refractivity contribution in [1.82, 2.24) is 15.1 Å². The van der Waals surface area contributed by atoms with Crippen LogP contribution in [0.15, 0.2) is 42.5 Å². The van der Waals surface area contributed by atoms with Crippen LogP contribution < -0.4 is 19.5 Å². The number of aromatic nitrogens is 2. The highest BCUT2D eigenvalue weighted by atomic mass is 32.1. The average Bonchev–Trinajstić information content (AvgIpc) is 3.52. The molecule has 3 aromatic rings. The lowest BCUT2D eigenvalue weighted by Crippen LogP contribution is -2.36. The summed E-state index contributed by atoms with van der Waals surface area (Å²) in [4.78, 5) is 27.1. The molecule has 11 heteroatoms. The summed E-state index contributed by atoms with van der Waals surface area (Å²) in [5.74, 6) is 1.45. The van der Waals surface area contributed by atoms with E-state index in [1.54, 1.807) is 43.4 Å². The van der Waals surface area contributed by atoms with E-state index in [4.69, 9.17) is 18.9 Å². The molecule has 1 aliphatic heterocycles. The van der Waals surface area contributed by atoms with Crippen molar-refractivity contribution in [3.05, 3.63) is 48.0 Å². The van der Waals surface area contributed by atoms with Crippen molar-refractivity contribution >= 4 is 28.3 Å². The molecule has 2 amide bonds. The summed E-state index contributed by atoms with van der Waals surface area (Å²) < 4.78 is 21.0. The minimum atomic E-state index is -0.269. The zero-order chi connectivity index (χ0) is 23.9. The Labute approximate surface area is 200 Å². The molecule has 0 saturated heterocycles. The maximum atomic E-state index is 13.0. The van der Waals surface area contributed by atoms with Gasteiger partial charge in [-0.1, -0.05) is 17.4 Å². The van der Waals surface area contributed by atoms with Crippen molar-refractivity contribution in [2.75, 3.05) is 46.0 Å². The van der Waals surface area contributed by atoms with Crippen LogP contribution in [0.4, 0.5) is 5.13 Å². The van der Waals surface area contributed by atoms with Crippen molar-refractivity contribution in [1.29, 1.82) is 0 Å². The Balaban J connectivity index is 1.36. The van der Waals surface area contributed by atoms with Gasteiger partial charge in [0.1, 0.15) is 10.8 Å². The Kier molecular flexibility index (Phi) is 7.55. The van der Waals surface area contributed by atoms with Gasteiger partial charge in [0, 0.05) is 37.7 Å². The highest BCUT2D eigenvalue weighted by Crippen LogP contribution is 2.37. The smallest absolute Gasteiger partial charge is 0.254 e. The lowest BCUT2D eigenvalue weighted by atomic mass is 10.2. The molecular formula is C23H24N4O6S. The van der Waals surface area contributed by atoms with E-state index >= 15 is 0 Å². The zero-order valence-electron chi connectivity index (χ0n) is 18.8. The largest absolute Gasteiger partial charge is 0.497 e. The number of benzene rings is 2. The fourth-order valence-corrected chi connectivity index (χ4v) is 4.05. The summed E-state index contributed by atoms with van der Waals surface area (Å²) in [6, 6.07) is 12.4. The molecule has 0 fully saturated rings. The topological polar surface area (TPSA) is 112 Å². The van der Waals surface area contributed by atoms with Crippen LogP contribution in [0.3, 0.4) is 0 Å². The fraction of sp³-hybridized carbons (Fsp3) is 0.304. The molecule has 1 aromatic heterocycles. The van der Waals surface area contributed by atoms with Gasteiger partial charge in [0.15, 0.2) is 11.5 Å². The number of nitrogens with one attached hydrogen (secondary N) is 1. The Hall–Kier alpha value is -3.70. The highest BCUT2D eigenvalue weighted by molar-refractivity contribution is 7.18. The molecule has 0 atom stereocenters. The van der Waals surface area contributed by atoms with E-state index in [1.807, 2.05) is 18.2 Å². The van der Waals surface area contributed by atoms with Gasteiger partial charge in [0.05, 0.1) is 13.7 Å². The number of fused-ring (bicyclic) bond motifs is 1. The molecule has 10 nitrogen and oxygen atoms in total. The molecule has 4 rings (SSSR count). The summed E-state index contributed by atoms with van der Waals surface area (Å²) in [6.07, 6.45) is 0.0956. The maximum Gasteiger partial charge on any atom is 0.254 e. The van der Waals surface area contributed by atoms with Crippen molar-refractivity contribution in [3.63, 3.8) is 0 Å². The van der Waals surface area contributed by atoms with Gasteiger partial charge < -0.3 is 29.2 Å². The van der Waals surface area contributed by atoms with Gasteiger partial charge >= 0.3 is 0 Å². The fourth-order valence-electron chi connectivity index (χ4n) is 3.29. The van der Waals surface area contributed by atoms with Crippen LogP contribution >= 0.6 is 11.3 Å². The van der Waals surface area contributed by atoms with Gasteiger partial charge in [0.25, 0.3) is 5.91 Å². The number of nitrogens with zero attached hydrogens (tertiary/aromatic N) is 3. The van der Waals surface area contributed by atoms with Crippen molar-refractivity contribution in [2.45, 2.75) is 6.42 Å². The highest BCUT2D eigenvalue weighted by Gasteiger charge is 2.19. The first-order chi connectivity index (χ1) is 16.6. The number of methoxy groups -OCH3 is 2. The van der Waals surface area contributed by atoms with E-state index in [9.17, 15) is 9.59 Å². The number of rotatable bonds is 10. The summed E-state index contributed by atoms with van der Waals surface area (Å²) in [6.45, 7) is 1.12. The Morgan fingerprint density at radius 3 is 2.76 bits per heavy atom. The monoisotopic (exact) mass is 484 g/mol. The molecule has 178 valence electrons. The molecule has 0 saturated carbocycles. The van der Waals surface area contributed by atoms with Gasteiger partial charge in [-0.2, -0.15) is 0 Å². The quantitative estimate of drug-likeness (QED) is 0.467. The van der Waals surface area contributed by atoms with Crippen molar-refractivity contribution in [3.8, 4) is 27.8 Å². The van der Waals surface area contributed by atoms with Crippen molar-refractivity contribution < 1.29 is 28.5 Å².